The number of halogens is 1. The lowest BCUT2D eigenvalue weighted by molar-refractivity contribution is 0.471. The highest BCUT2D eigenvalue weighted by molar-refractivity contribution is 7.17. The van der Waals surface area contributed by atoms with Gasteiger partial charge in [-0.3, -0.25) is 0 Å². The molecule has 0 fully saturated rings. The number of aromatic nitrogens is 2. The molecule has 0 atom stereocenters. The summed E-state index contributed by atoms with van der Waals surface area (Å²) in [6.45, 7) is 0. The summed E-state index contributed by atoms with van der Waals surface area (Å²) >= 11 is 7.36. The fourth-order valence-electron chi connectivity index (χ4n) is 1.56. The molecule has 0 saturated heterocycles. The van der Waals surface area contributed by atoms with E-state index in [0.717, 1.165) is 10.2 Å². The number of hydrogen-bond acceptors (Lipinski definition) is 5. The van der Waals surface area contributed by atoms with Crippen molar-refractivity contribution in [2.75, 3.05) is 5.73 Å². The molecule has 0 aliphatic rings. The Hall–Kier alpha value is -1.85. The Bertz CT molecular complexity index is 713. The average molecular weight is 278 g/mol. The Morgan fingerprint density at radius 2 is 2.00 bits per heavy atom. The second-order valence-corrected chi connectivity index (χ2v) is 4.83. The summed E-state index contributed by atoms with van der Waals surface area (Å²) in [5.74, 6) is 0.986. The number of nitrogens with zero attached hydrogens (tertiary/aromatic N) is 2. The van der Waals surface area contributed by atoms with Crippen molar-refractivity contribution in [2.24, 2.45) is 0 Å². The minimum Gasteiger partial charge on any atom is -0.435 e. The highest BCUT2D eigenvalue weighted by atomic mass is 35.5. The molecule has 4 nitrogen and oxygen atoms in total. The molecule has 3 rings (SSSR count). The van der Waals surface area contributed by atoms with Crippen molar-refractivity contribution in [1.29, 1.82) is 0 Å². The number of nitrogen functional groups attached to an aromatic ring is 1. The standard InChI is InChI=1S/C12H8ClN3OS/c13-12-15-8-5-6-18-10(8)11(16-12)17-9-4-2-1-3-7(9)14/h1-6H,14H2. The Labute approximate surface area is 112 Å². The molecular formula is C12H8ClN3OS. The zero-order valence-electron chi connectivity index (χ0n) is 9.13. The van der Waals surface area contributed by atoms with E-state index in [1.807, 2.05) is 23.6 Å². The second kappa shape index (κ2) is 4.44. The van der Waals surface area contributed by atoms with Crippen LogP contribution in [0.5, 0.6) is 11.6 Å². The smallest absolute Gasteiger partial charge is 0.241 e. The maximum Gasteiger partial charge on any atom is 0.241 e. The van der Waals surface area contributed by atoms with Gasteiger partial charge in [0, 0.05) is 0 Å². The summed E-state index contributed by atoms with van der Waals surface area (Å²) in [5, 5.41) is 2.07. The number of anilines is 1. The molecule has 0 amide bonds. The van der Waals surface area contributed by atoms with Crippen LogP contribution in [-0.2, 0) is 0 Å². The van der Waals surface area contributed by atoms with Gasteiger partial charge in [-0.2, -0.15) is 4.98 Å². The quantitative estimate of drug-likeness (QED) is 0.573. The monoisotopic (exact) mass is 277 g/mol. The normalized spacial score (nSPS) is 10.7. The molecule has 6 heteroatoms. The van der Waals surface area contributed by atoms with Crippen LogP contribution in [0.25, 0.3) is 10.2 Å². The van der Waals surface area contributed by atoms with Crippen LogP contribution in [0, 0.1) is 0 Å². The van der Waals surface area contributed by atoms with E-state index in [1.165, 1.54) is 11.3 Å². The third kappa shape index (κ3) is 1.98. The van der Waals surface area contributed by atoms with E-state index in [0.29, 0.717) is 17.3 Å². The van der Waals surface area contributed by atoms with E-state index < -0.39 is 0 Å². The van der Waals surface area contributed by atoms with E-state index in [-0.39, 0.29) is 5.28 Å². The van der Waals surface area contributed by atoms with Crippen molar-refractivity contribution in [2.45, 2.75) is 0 Å². The number of para-hydroxylation sites is 2. The highest BCUT2D eigenvalue weighted by Gasteiger charge is 2.11. The van der Waals surface area contributed by atoms with Crippen molar-refractivity contribution in [3.8, 4) is 11.6 Å². The summed E-state index contributed by atoms with van der Waals surface area (Å²) in [4.78, 5) is 8.21. The minimum atomic E-state index is 0.158. The van der Waals surface area contributed by atoms with E-state index in [1.54, 1.807) is 12.1 Å². The van der Waals surface area contributed by atoms with Gasteiger partial charge in [-0.1, -0.05) is 12.1 Å². The number of benzene rings is 1. The first-order valence-electron chi connectivity index (χ1n) is 5.17. The van der Waals surface area contributed by atoms with Crippen LogP contribution in [0.1, 0.15) is 0 Å². The van der Waals surface area contributed by atoms with Gasteiger partial charge in [-0.25, -0.2) is 4.98 Å². The topological polar surface area (TPSA) is 61.0 Å². The zero-order chi connectivity index (χ0) is 12.5. The number of ether oxygens (including phenoxy) is 1. The van der Waals surface area contributed by atoms with Gasteiger partial charge < -0.3 is 10.5 Å². The lowest BCUT2D eigenvalue weighted by Crippen LogP contribution is -1.94. The lowest BCUT2D eigenvalue weighted by Gasteiger charge is -2.07. The molecule has 0 saturated carbocycles. The maximum atomic E-state index is 5.86. The lowest BCUT2D eigenvalue weighted by atomic mass is 10.3. The Balaban J connectivity index is 2.10. The predicted molar refractivity (Wildman–Crippen MR) is 73.4 cm³/mol. The molecule has 0 spiro atoms. The molecule has 0 unspecified atom stereocenters. The van der Waals surface area contributed by atoms with Crippen LogP contribution in [0.4, 0.5) is 5.69 Å². The first kappa shape index (κ1) is 11.3. The molecule has 2 aromatic heterocycles. The van der Waals surface area contributed by atoms with Crippen molar-refractivity contribution < 1.29 is 4.74 Å². The van der Waals surface area contributed by atoms with Crippen molar-refractivity contribution in [3.05, 3.63) is 41.0 Å². The Morgan fingerprint density at radius 3 is 2.83 bits per heavy atom. The largest absolute Gasteiger partial charge is 0.435 e. The van der Waals surface area contributed by atoms with E-state index in [2.05, 4.69) is 9.97 Å². The third-order valence-electron chi connectivity index (χ3n) is 2.37. The summed E-state index contributed by atoms with van der Waals surface area (Å²) in [7, 11) is 0. The molecule has 0 bridgehead atoms. The highest BCUT2D eigenvalue weighted by Crippen LogP contribution is 2.34. The first-order chi connectivity index (χ1) is 8.74. The zero-order valence-corrected chi connectivity index (χ0v) is 10.7. The SMILES string of the molecule is Nc1ccccc1Oc1nc(Cl)nc2ccsc12. The summed E-state index contributed by atoms with van der Waals surface area (Å²) in [6, 6.07) is 9.11. The molecule has 0 aliphatic heterocycles. The summed E-state index contributed by atoms with van der Waals surface area (Å²) in [6.07, 6.45) is 0. The molecule has 2 N–H and O–H groups in total. The van der Waals surface area contributed by atoms with Gasteiger partial charge >= 0.3 is 0 Å². The van der Waals surface area contributed by atoms with E-state index in [9.17, 15) is 0 Å². The number of rotatable bonds is 2. The predicted octanol–water partition coefficient (Wildman–Crippen LogP) is 3.72. The average Bonchev–Trinajstić information content (AvgIpc) is 2.80. The minimum absolute atomic E-state index is 0.158. The van der Waals surface area contributed by atoms with E-state index in [4.69, 9.17) is 22.1 Å². The van der Waals surface area contributed by atoms with Crippen molar-refractivity contribution in [3.63, 3.8) is 0 Å². The molecular weight excluding hydrogens is 270 g/mol. The Kier molecular flexibility index (Phi) is 2.77. The fraction of sp³-hybridized carbons (Fsp3) is 0. The van der Waals surface area contributed by atoms with Crippen molar-refractivity contribution >= 4 is 38.8 Å². The summed E-state index contributed by atoms with van der Waals surface area (Å²) in [5.41, 5.74) is 7.15. The number of thiophene rings is 1. The van der Waals surface area contributed by atoms with Gasteiger partial charge in [0.25, 0.3) is 0 Å². The van der Waals surface area contributed by atoms with Gasteiger partial charge in [0.1, 0.15) is 4.70 Å². The van der Waals surface area contributed by atoms with Gasteiger partial charge in [-0.15, -0.1) is 11.3 Å². The molecule has 1 aromatic carbocycles. The van der Waals surface area contributed by atoms with Crippen LogP contribution >= 0.6 is 22.9 Å². The van der Waals surface area contributed by atoms with Gasteiger partial charge in [0.2, 0.25) is 11.2 Å². The van der Waals surface area contributed by atoms with Gasteiger partial charge in [-0.05, 0) is 35.2 Å². The molecule has 2 heterocycles. The number of fused-ring (bicyclic) bond motifs is 1. The maximum absolute atomic E-state index is 5.86. The van der Waals surface area contributed by atoms with Crippen LogP contribution in [-0.4, -0.2) is 9.97 Å². The van der Waals surface area contributed by atoms with Crippen LogP contribution in [0.2, 0.25) is 5.28 Å². The Morgan fingerprint density at radius 1 is 1.17 bits per heavy atom. The summed E-state index contributed by atoms with van der Waals surface area (Å²) < 4.78 is 6.56. The molecule has 90 valence electrons. The van der Waals surface area contributed by atoms with Gasteiger partial charge in [0.15, 0.2) is 5.75 Å². The molecule has 0 aliphatic carbocycles. The first-order valence-corrected chi connectivity index (χ1v) is 6.43. The van der Waals surface area contributed by atoms with Gasteiger partial charge in [0.05, 0.1) is 11.2 Å². The van der Waals surface area contributed by atoms with Crippen molar-refractivity contribution in [1.82, 2.24) is 9.97 Å². The number of hydrogen-bond donors (Lipinski definition) is 1. The number of nitrogens with two attached hydrogens (primary N) is 1. The second-order valence-electron chi connectivity index (χ2n) is 3.57. The molecule has 3 aromatic rings. The molecule has 0 radical (unpaired) electrons. The van der Waals surface area contributed by atoms with Crippen LogP contribution < -0.4 is 10.5 Å². The van der Waals surface area contributed by atoms with Crippen LogP contribution in [0.3, 0.4) is 0 Å². The van der Waals surface area contributed by atoms with Crippen LogP contribution in [0.15, 0.2) is 35.7 Å². The third-order valence-corrected chi connectivity index (χ3v) is 3.43. The van der Waals surface area contributed by atoms with E-state index >= 15 is 0 Å². The molecule has 18 heavy (non-hydrogen) atoms. The fourth-order valence-corrected chi connectivity index (χ4v) is 2.48.